The monoisotopic (exact) mass is 778 g/mol. The molecule has 3 aromatic carbocycles. The van der Waals surface area contributed by atoms with Gasteiger partial charge in [0.1, 0.15) is 5.75 Å². The van der Waals surface area contributed by atoms with Crippen LogP contribution in [0.15, 0.2) is 65.1 Å². The van der Waals surface area contributed by atoms with E-state index in [1.807, 2.05) is 31.2 Å². The van der Waals surface area contributed by atoms with Crippen LogP contribution in [0.2, 0.25) is 0 Å². The van der Waals surface area contributed by atoms with E-state index in [-0.39, 0.29) is 140 Å². The van der Waals surface area contributed by atoms with Crippen LogP contribution in [0.25, 0.3) is 11.1 Å². The minimum absolute atomic E-state index is 0. The van der Waals surface area contributed by atoms with Crippen molar-refractivity contribution in [3.05, 3.63) is 81.8 Å². The molecule has 0 radical (unpaired) electrons. The van der Waals surface area contributed by atoms with E-state index in [9.17, 15) is 37.5 Å². The molecule has 0 N–H and O–H groups in total. The van der Waals surface area contributed by atoms with Crippen LogP contribution < -0.4 is 148 Å². The van der Waals surface area contributed by atoms with E-state index in [1.54, 1.807) is 6.07 Å². The minimum Gasteiger partial charge on any atom is -0.807 e. The average Bonchev–Trinajstić information content (AvgIpc) is 3.43. The maximum atomic E-state index is 13.9. The van der Waals surface area contributed by atoms with Crippen molar-refractivity contribution in [1.82, 2.24) is 0 Å². The third-order valence-electron chi connectivity index (χ3n) is 7.16. The smallest absolute Gasteiger partial charge is 0.807 e. The number of halogens is 3. The molecule has 0 amide bonds. The molecule has 0 heterocycles. The van der Waals surface area contributed by atoms with Gasteiger partial charge in [-0.15, -0.1) is 0 Å². The largest absolute Gasteiger partial charge is 1.00 e. The number of hydrogen-bond donors (Lipinski definition) is 0. The molecule has 0 spiro atoms. The molecule has 1 atom stereocenters. The number of thioether (sulfide) groups is 1. The molecule has 45 heavy (non-hydrogen) atoms. The van der Waals surface area contributed by atoms with Gasteiger partial charge in [-0.1, -0.05) is 71.2 Å². The van der Waals surface area contributed by atoms with Crippen molar-refractivity contribution in [3.63, 3.8) is 0 Å². The SMILES string of the molecule is CC(Oc1ccc(-c2ccc(CSCc3ccc(C(F)(F)P(=O)([O-])[O-])c(Br)c3)cc2)cc1P(=O)([O-])[O-])C1CCCC1.[Na+].[Na+].[Na+].[Na+]. The van der Waals surface area contributed by atoms with E-state index in [2.05, 4.69) is 15.9 Å². The first-order valence-corrected chi connectivity index (χ1v) is 17.9. The van der Waals surface area contributed by atoms with Crippen LogP contribution in [0.3, 0.4) is 0 Å². The van der Waals surface area contributed by atoms with Crippen molar-refractivity contribution in [3.8, 4) is 16.9 Å². The molecule has 4 rings (SSSR count). The van der Waals surface area contributed by atoms with Crippen LogP contribution in [-0.2, 0) is 26.3 Å². The molecule has 0 saturated heterocycles. The summed E-state index contributed by atoms with van der Waals surface area (Å²) in [6, 6.07) is 15.6. The van der Waals surface area contributed by atoms with Gasteiger partial charge < -0.3 is 33.4 Å². The standard InChI is InChI=1S/C28H31BrF2O7P2S.4Na/c1-18(21-4-2-3-5-21)38-26-13-11-23(15-27(26)39(32,33)34)22-9-6-19(7-10-22)16-41-17-20-8-12-24(25(29)14-20)28(30,31)40(35,36)37;;;;/h6-15,18,21H,2-5,16-17H2,1H3,(H2,32,33,34)(H2,35,36,37);;;;/q;4*+1/p-4. The van der Waals surface area contributed by atoms with Crippen molar-refractivity contribution in [2.24, 2.45) is 5.92 Å². The van der Waals surface area contributed by atoms with Gasteiger partial charge in [-0.2, -0.15) is 20.5 Å². The summed E-state index contributed by atoms with van der Waals surface area (Å²) >= 11 is 4.43. The number of alkyl halides is 2. The van der Waals surface area contributed by atoms with Crippen molar-refractivity contribution >= 4 is 48.2 Å². The van der Waals surface area contributed by atoms with Gasteiger partial charge in [0.2, 0.25) is 0 Å². The normalized spacial score (nSPS) is 14.3. The van der Waals surface area contributed by atoms with Gasteiger partial charge in [0.05, 0.1) is 6.10 Å². The van der Waals surface area contributed by atoms with Crippen LogP contribution >= 0.6 is 42.9 Å². The van der Waals surface area contributed by atoms with Gasteiger partial charge in [-0.3, -0.25) is 0 Å². The number of rotatable bonds is 11. The average molecular weight is 779 g/mol. The molecule has 222 valence electrons. The Morgan fingerprint density at radius 3 is 1.93 bits per heavy atom. The topological polar surface area (TPSA) is 136 Å². The molecule has 1 aliphatic rings. The number of ether oxygens (including phenoxy) is 1. The zero-order valence-electron chi connectivity index (χ0n) is 26.0. The Balaban J connectivity index is 0.00000484. The minimum atomic E-state index is -6.16. The second-order valence-corrected chi connectivity index (χ2v) is 15.0. The van der Waals surface area contributed by atoms with Gasteiger partial charge in [-0.25, -0.2) is 0 Å². The van der Waals surface area contributed by atoms with Gasteiger partial charge in [-0.05, 0) is 73.7 Å². The zero-order chi connectivity index (χ0) is 30.0. The van der Waals surface area contributed by atoms with Gasteiger partial charge in [0, 0.05) is 34.4 Å². The summed E-state index contributed by atoms with van der Waals surface area (Å²) in [5, 5.41) is -0.359. The van der Waals surface area contributed by atoms with E-state index >= 15 is 0 Å². The van der Waals surface area contributed by atoms with Crippen molar-refractivity contribution in [1.29, 1.82) is 0 Å². The Bertz CT molecular complexity index is 1490. The fourth-order valence-electron chi connectivity index (χ4n) is 4.85. The molecule has 0 aromatic heterocycles. The molecule has 3 aromatic rings. The Morgan fingerprint density at radius 1 is 0.867 bits per heavy atom. The Hall–Kier alpha value is 2.45. The van der Waals surface area contributed by atoms with Crippen LogP contribution in [0, 0.1) is 5.92 Å². The van der Waals surface area contributed by atoms with Gasteiger partial charge >= 0.3 is 118 Å². The summed E-state index contributed by atoms with van der Waals surface area (Å²) in [6.07, 6.45) is 4.07. The van der Waals surface area contributed by atoms with Crippen LogP contribution in [0.5, 0.6) is 5.75 Å². The van der Waals surface area contributed by atoms with E-state index in [0.29, 0.717) is 28.6 Å². The maximum Gasteiger partial charge on any atom is 1.00 e. The number of benzene rings is 3. The van der Waals surface area contributed by atoms with E-state index in [0.717, 1.165) is 42.9 Å². The first kappa shape index (κ1) is 47.4. The van der Waals surface area contributed by atoms with Crippen molar-refractivity contribution < 1.29 is 160 Å². The first-order chi connectivity index (χ1) is 19.2. The molecule has 1 saturated carbocycles. The molecule has 0 bridgehead atoms. The molecule has 1 fully saturated rings. The summed E-state index contributed by atoms with van der Waals surface area (Å²) in [7, 11) is -11.3. The molecular weight excluding hydrogens is 752 g/mol. The summed E-state index contributed by atoms with van der Waals surface area (Å²) in [4.78, 5) is 46.0. The van der Waals surface area contributed by atoms with Gasteiger partial charge in [0.25, 0.3) is 5.66 Å². The molecule has 1 unspecified atom stereocenters. The fraction of sp³-hybridized carbons (Fsp3) is 0.357. The molecular formula is C28H27BrF2Na4O7P2S. The van der Waals surface area contributed by atoms with E-state index < -0.39 is 26.4 Å². The Kier molecular flexibility index (Phi) is 21.6. The van der Waals surface area contributed by atoms with Crippen molar-refractivity contribution in [2.45, 2.75) is 55.9 Å². The first-order valence-electron chi connectivity index (χ1n) is 12.9. The Morgan fingerprint density at radius 2 is 1.40 bits per heavy atom. The molecule has 7 nitrogen and oxygen atoms in total. The van der Waals surface area contributed by atoms with E-state index in [4.69, 9.17) is 4.74 Å². The number of hydrogen-bond acceptors (Lipinski definition) is 8. The molecule has 17 heteroatoms. The molecule has 1 aliphatic carbocycles. The maximum absolute atomic E-state index is 13.9. The van der Waals surface area contributed by atoms with E-state index in [1.165, 1.54) is 36.0 Å². The predicted octanol–water partition coefficient (Wildman–Crippen LogP) is -6.98. The molecule has 0 aliphatic heterocycles. The second-order valence-electron chi connectivity index (χ2n) is 10.1. The summed E-state index contributed by atoms with van der Waals surface area (Å²) in [5.41, 5.74) is -2.52. The fourth-order valence-corrected chi connectivity index (χ4v) is 7.81. The predicted molar refractivity (Wildman–Crippen MR) is 152 cm³/mol. The van der Waals surface area contributed by atoms with Crippen LogP contribution in [0.1, 0.15) is 49.3 Å². The quantitative estimate of drug-likeness (QED) is 0.139. The van der Waals surface area contributed by atoms with Crippen molar-refractivity contribution in [2.75, 3.05) is 0 Å². The third kappa shape index (κ3) is 12.9. The van der Waals surface area contributed by atoms with Crippen LogP contribution in [-0.4, -0.2) is 6.10 Å². The van der Waals surface area contributed by atoms with Gasteiger partial charge in [0.15, 0.2) is 0 Å². The second kappa shape index (κ2) is 20.5. The third-order valence-corrected chi connectivity index (χ3v) is 10.8. The summed E-state index contributed by atoms with van der Waals surface area (Å²) < 4.78 is 56.6. The Labute approximate surface area is 363 Å². The summed E-state index contributed by atoms with van der Waals surface area (Å²) in [6.45, 7) is 1.90. The van der Waals surface area contributed by atoms with Crippen LogP contribution in [0.4, 0.5) is 8.78 Å². The summed E-state index contributed by atoms with van der Waals surface area (Å²) in [5.74, 6) is 1.41. The zero-order valence-corrected chi connectivity index (χ0v) is 38.2.